The van der Waals surface area contributed by atoms with Crippen LogP contribution >= 0.6 is 0 Å². The molecule has 1 aromatic carbocycles. The Morgan fingerprint density at radius 1 is 1.44 bits per heavy atom. The Bertz CT molecular complexity index is 592. The average molecular weight is 273 g/mol. The lowest BCUT2D eigenvalue weighted by Gasteiger charge is -2.04. The van der Waals surface area contributed by atoms with E-state index in [1.807, 2.05) is 0 Å². The lowest BCUT2D eigenvalue weighted by molar-refractivity contribution is -0.385. The predicted molar refractivity (Wildman–Crippen MR) is 61.9 cm³/mol. The van der Waals surface area contributed by atoms with Gasteiger partial charge in [0.05, 0.1) is 23.3 Å². The minimum absolute atomic E-state index is 0.110. The van der Waals surface area contributed by atoms with Crippen molar-refractivity contribution in [2.75, 3.05) is 13.4 Å². The zero-order valence-corrected chi connectivity index (χ0v) is 10.6. The number of nitro groups is 1. The molecule has 7 nitrogen and oxygen atoms in total. The highest BCUT2D eigenvalue weighted by molar-refractivity contribution is 7.90. The van der Waals surface area contributed by atoms with Gasteiger partial charge >= 0.3 is 5.97 Å². The summed E-state index contributed by atoms with van der Waals surface area (Å²) in [5, 5.41) is 10.8. The van der Waals surface area contributed by atoms with E-state index < -0.39 is 26.4 Å². The van der Waals surface area contributed by atoms with Gasteiger partial charge < -0.3 is 4.74 Å². The van der Waals surface area contributed by atoms with Crippen LogP contribution in [0.2, 0.25) is 0 Å². The third-order valence-electron chi connectivity index (χ3n) is 2.24. The third-order valence-corrected chi connectivity index (χ3v) is 3.35. The van der Waals surface area contributed by atoms with Gasteiger partial charge in [0.1, 0.15) is 0 Å². The molecule has 0 atom stereocenters. The van der Waals surface area contributed by atoms with Crippen molar-refractivity contribution in [2.45, 2.75) is 11.3 Å². The number of nitro benzene ring substituents is 1. The highest BCUT2D eigenvalue weighted by Gasteiger charge is 2.20. The molecule has 98 valence electrons. The van der Waals surface area contributed by atoms with E-state index in [2.05, 4.69) is 4.74 Å². The lowest BCUT2D eigenvalue weighted by Crippen LogP contribution is -2.08. The number of methoxy groups -OCH3 is 1. The molecule has 0 aromatic heterocycles. The van der Waals surface area contributed by atoms with Gasteiger partial charge in [0, 0.05) is 17.9 Å². The van der Waals surface area contributed by atoms with E-state index in [4.69, 9.17) is 0 Å². The van der Waals surface area contributed by atoms with Crippen LogP contribution in [0.15, 0.2) is 23.1 Å². The number of nitrogens with zero attached hydrogens (tertiary/aromatic N) is 1. The first-order valence-corrected chi connectivity index (χ1v) is 6.69. The summed E-state index contributed by atoms with van der Waals surface area (Å²) in [5.74, 6) is -0.634. The number of carbonyl (C=O) groups excluding carboxylic acids is 1. The Kier molecular flexibility index (Phi) is 4.02. The summed E-state index contributed by atoms with van der Waals surface area (Å²) in [6.07, 6.45) is 0.670. The summed E-state index contributed by atoms with van der Waals surface area (Å²) >= 11 is 0. The fourth-order valence-electron chi connectivity index (χ4n) is 1.32. The molecule has 0 saturated heterocycles. The lowest BCUT2D eigenvalue weighted by atomic mass is 10.1. The zero-order chi connectivity index (χ0) is 13.9. The monoisotopic (exact) mass is 273 g/mol. The van der Waals surface area contributed by atoms with Gasteiger partial charge in [-0.25, -0.2) is 8.42 Å². The number of hydrogen-bond acceptors (Lipinski definition) is 6. The van der Waals surface area contributed by atoms with Crippen molar-refractivity contribution in [1.29, 1.82) is 0 Å². The van der Waals surface area contributed by atoms with E-state index in [9.17, 15) is 23.3 Å². The summed E-state index contributed by atoms with van der Waals surface area (Å²) in [5.41, 5.74) is -0.303. The van der Waals surface area contributed by atoms with Gasteiger partial charge in [-0.2, -0.15) is 0 Å². The van der Waals surface area contributed by atoms with Gasteiger partial charge in [-0.1, -0.05) is 6.07 Å². The summed E-state index contributed by atoms with van der Waals surface area (Å²) in [7, 11) is -2.36. The van der Waals surface area contributed by atoms with Crippen molar-refractivity contribution >= 4 is 21.5 Å². The first-order valence-electron chi connectivity index (χ1n) is 4.80. The minimum atomic E-state index is -3.53. The van der Waals surface area contributed by atoms with Gasteiger partial charge in [-0.05, 0) is 6.07 Å². The van der Waals surface area contributed by atoms with Crippen molar-refractivity contribution in [2.24, 2.45) is 0 Å². The number of esters is 1. The van der Waals surface area contributed by atoms with Gasteiger partial charge in [0.25, 0.3) is 5.69 Å². The average Bonchev–Trinajstić information content (AvgIpc) is 2.27. The predicted octanol–water partition coefficient (Wildman–Crippen LogP) is 0.714. The molecule has 0 N–H and O–H groups in total. The number of ether oxygens (including phenoxy) is 1. The maximum atomic E-state index is 11.3. The van der Waals surface area contributed by atoms with Gasteiger partial charge in [-0.3, -0.25) is 14.9 Å². The van der Waals surface area contributed by atoms with Crippen LogP contribution in [0.25, 0.3) is 0 Å². The molecule has 1 rings (SSSR count). The largest absolute Gasteiger partial charge is 0.469 e. The van der Waals surface area contributed by atoms with Crippen LogP contribution in [0.1, 0.15) is 5.56 Å². The number of rotatable bonds is 4. The Labute approximate surface area is 103 Å². The second kappa shape index (κ2) is 5.13. The van der Waals surface area contributed by atoms with Crippen molar-refractivity contribution < 1.29 is 22.9 Å². The molecular formula is C10H11NO6S. The van der Waals surface area contributed by atoms with Crippen LogP contribution in [-0.2, 0) is 25.8 Å². The fraction of sp³-hybridized carbons (Fsp3) is 0.300. The van der Waals surface area contributed by atoms with Crippen molar-refractivity contribution in [3.05, 3.63) is 33.9 Å². The molecule has 18 heavy (non-hydrogen) atoms. The second-order valence-electron chi connectivity index (χ2n) is 3.57. The first-order chi connectivity index (χ1) is 8.25. The maximum Gasteiger partial charge on any atom is 0.310 e. The number of carbonyl (C=O) groups is 1. The SMILES string of the molecule is COC(=O)Cc1ccc(S(C)(=O)=O)cc1[N+](=O)[O-]. The van der Waals surface area contributed by atoms with E-state index in [0.29, 0.717) is 0 Å². The molecule has 0 saturated carbocycles. The molecular weight excluding hydrogens is 262 g/mol. The zero-order valence-electron chi connectivity index (χ0n) is 9.74. The van der Waals surface area contributed by atoms with Crippen molar-refractivity contribution in [3.8, 4) is 0 Å². The normalized spacial score (nSPS) is 11.0. The smallest absolute Gasteiger partial charge is 0.310 e. The minimum Gasteiger partial charge on any atom is -0.469 e. The summed E-state index contributed by atoms with van der Waals surface area (Å²) in [6.45, 7) is 0. The highest BCUT2D eigenvalue weighted by Crippen LogP contribution is 2.23. The fourth-order valence-corrected chi connectivity index (χ4v) is 1.96. The first kappa shape index (κ1) is 14.1. The Balaban J connectivity index is 3.30. The van der Waals surface area contributed by atoms with Crippen molar-refractivity contribution in [1.82, 2.24) is 0 Å². The molecule has 0 bridgehead atoms. The molecule has 0 aliphatic rings. The van der Waals surface area contributed by atoms with E-state index in [0.717, 1.165) is 12.3 Å². The van der Waals surface area contributed by atoms with Gasteiger partial charge in [0.15, 0.2) is 9.84 Å². The van der Waals surface area contributed by atoms with Gasteiger partial charge in [0.2, 0.25) is 0 Å². The van der Waals surface area contributed by atoms with E-state index in [1.165, 1.54) is 19.2 Å². The molecule has 0 aliphatic heterocycles. The van der Waals surface area contributed by atoms with Crippen LogP contribution in [0, 0.1) is 10.1 Å². The Morgan fingerprint density at radius 3 is 2.50 bits per heavy atom. The Morgan fingerprint density at radius 2 is 2.06 bits per heavy atom. The standard InChI is InChI=1S/C10H11NO6S/c1-17-10(12)5-7-3-4-8(18(2,15)16)6-9(7)11(13)14/h3-4,6H,5H2,1-2H3. The summed E-state index contributed by atoms with van der Waals surface area (Å²) < 4.78 is 27.0. The summed E-state index contributed by atoms with van der Waals surface area (Å²) in [4.78, 5) is 21.0. The summed E-state index contributed by atoms with van der Waals surface area (Å²) in [6, 6.07) is 3.40. The topological polar surface area (TPSA) is 104 Å². The van der Waals surface area contributed by atoms with Crippen LogP contribution in [-0.4, -0.2) is 32.7 Å². The molecule has 1 aromatic rings. The molecule has 0 fully saturated rings. The van der Waals surface area contributed by atoms with E-state index in [1.54, 1.807) is 0 Å². The van der Waals surface area contributed by atoms with Crippen LogP contribution in [0.5, 0.6) is 0 Å². The molecule has 8 heteroatoms. The van der Waals surface area contributed by atoms with E-state index >= 15 is 0 Å². The van der Waals surface area contributed by atoms with Crippen LogP contribution < -0.4 is 0 Å². The van der Waals surface area contributed by atoms with Crippen molar-refractivity contribution in [3.63, 3.8) is 0 Å². The third kappa shape index (κ3) is 3.27. The van der Waals surface area contributed by atoms with Gasteiger partial charge in [-0.15, -0.1) is 0 Å². The molecule has 0 unspecified atom stereocenters. The number of benzene rings is 1. The highest BCUT2D eigenvalue weighted by atomic mass is 32.2. The van der Waals surface area contributed by atoms with E-state index in [-0.39, 0.29) is 16.9 Å². The molecule has 0 amide bonds. The second-order valence-corrected chi connectivity index (χ2v) is 5.59. The molecule has 0 radical (unpaired) electrons. The molecule has 0 aliphatic carbocycles. The van der Waals surface area contributed by atoms with Crippen LogP contribution in [0.3, 0.4) is 0 Å². The quantitative estimate of drug-likeness (QED) is 0.454. The molecule has 0 spiro atoms. The van der Waals surface area contributed by atoms with Crippen LogP contribution in [0.4, 0.5) is 5.69 Å². The maximum absolute atomic E-state index is 11.3. The Hall–Kier alpha value is -1.96. The molecule has 0 heterocycles. The number of hydrogen-bond donors (Lipinski definition) is 0. The number of sulfone groups is 1.